The lowest BCUT2D eigenvalue weighted by Crippen LogP contribution is -2.41. The zero-order valence-corrected chi connectivity index (χ0v) is 20.4. The molecule has 1 aliphatic rings. The fraction of sp³-hybridized carbons (Fsp3) is 0.423. The van der Waals surface area contributed by atoms with Gasteiger partial charge in [0.15, 0.2) is 0 Å². The summed E-state index contributed by atoms with van der Waals surface area (Å²) in [5.41, 5.74) is 4.68. The molecular formula is C26H32N2O5S. The summed E-state index contributed by atoms with van der Waals surface area (Å²) in [6.45, 7) is 2.53. The third kappa shape index (κ3) is 6.76. The van der Waals surface area contributed by atoms with Gasteiger partial charge in [0.2, 0.25) is 5.91 Å². The molecule has 2 aromatic rings. The van der Waals surface area contributed by atoms with Crippen molar-refractivity contribution in [2.45, 2.75) is 38.1 Å². The zero-order chi connectivity index (χ0) is 24.5. The molecule has 2 amide bonds. The monoisotopic (exact) mass is 484 g/mol. The minimum absolute atomic E-state index is 0.00839. The highest BCUT2D eigenvalue weighted by Crippen LogP contribution is 2.44. The Hall–Kier alpha value is -3.00. The minimum atomic E-state index is -1.02. The number of nitrogens with one attached hydrogen (secondary N) is 2. The number of thioether (sulfide) groups is 1. The molecule has 0 radical (unpaired) electrons. The molecule has 3 N–H and O–H groups in total. The summed E-state index contributed by atoms with van der Waals surface area (Å²) >= 11 is 1.54. The highest BCUT2D eigenvalue weighted by atomic mass is 32.2. The van der Waals surface area contributed by atoms with E-state index in [1.54, 1.807) is 11.8 Å². The maximum atomic E-state index is 12.3. The number of hydrogen-bond donors (Lipinski definition) is 3. The van der Waals surface area contributed by atoms with E-state index < -0.39 is 18.1 Å². The van der Waals surface area contributed by atoms with Gasteiger partial charge in [0.1, 0.15) is 12.6 Å². The van der Waals surface area contributed by atoms with Gasteiger partial charge in [-0.15, -0.1) is 0 Å². The molecule has 1 unspecified atom stereocenters. The van der Waals surface area contributed by atoms with E-state index >= 15 is 0 Å². The summed E-state index contributed by atoms with van der Waals surface area (Å²) in [6, 6.07) is 15.5. The van der Waals surface area contributed by atoms with Crippen LogP contribution in [0.4, 0.5) is 4.79 Å². The standard InChI is InChI=1S/C26H32N2O5S/c1-17(15-24(29)28-23(25(30)31)12-14-34-2)11-13-27-26(32)33-16-22-20-9-5-3-7-18(20)19-8-4-6-10-21(19)22/h3-10,17,22-23H,11-16H2,1-2H3,(H,27,32)(H,28,29)(H,30,31)/t17?,23-/m0/s1. The second-order valence-electron chi connectivity index (χ2n) is 8.59. The normalized spacial score (nSPS) is 13.9. The maximum Gasteiger partial charge on any atom is 0.407 e. The van der Waals surface area contributed by atoms with Crippen LogP contribution in [0.1, 0.15) is 43.2 Å². The van der Waals surface area contributed by atoms with Gasteiger partial charge in [0.05, 0.1) is 0 Å². The molecule has 0 heterocycles. The summed E-state index contributed by atoms with van der Waals surface area (Å²) in [5, 5.41) is 14.6. The molecule has 0 aliphatic heterocycles. The van der Waals surface area contributed by atoms with Crippen LogP contribution in [0.25, 0.3) is 11.1 Å². The Labute approximate surface area is 204 Å². The molecule has 0 aromatic heterocycles. The van der Waals surface area contributed by atoms with Crippen molar-refractivity contribution in [3.05, 3.63) is 59.7 Å². The number of rotatable bonds is 12. The highest BCUT2D eigenvalue weighted by Gasteiger charge is 2.29. The van der Waals surface area contributed by atoms with E-state index in [4.69, 9.17) is 4.74 Å². The van der Waals surface area contributed by atoms with Crippen LogP contribution in [0.2, 0.25) is 0 Å². The molecular weight excluding hydrogens is 452 g/mol. The van der Waals surface area contributed by atoms with Gasteiger partial charge in [-0.25, -0.2) is 9.59 Å². The Balaban J connectivity index is 1.40. The largest absolute Gasteiger partial charge is 0.480 e. The number of carbonyl (C=O) groups excluding carboxylic acids is 2. The Morgan fingerprint density at radius 1 is 1.03 bits per heavy atom. The molecule has 182 valence electrons. The number of ether oxygens (including phenoxy) is 1. The van der Waals surface area contributed by atoms with E-state index in [-0.39, 0.29) is 30.8 Å². The number of hydrogen-bond acceptors (Lipinski definition) is 5. The first-order valence-electron chi connectivity index (χ1n) is 11.5. The number of amides is 2. The third-order valence-electron chi connectivity index (χ3n) is 6.03. The Morgan fingerprint density at radius 3 is 2.24 bits per heavy atom. The number of aliphatic carboxylic acids is 1. The average Bonchev–Trinajstić information content (AvgIpc) is 3.14. The van der Waals surface area contributed by atoms with Crippen molar-refractivity contribution in [2.75, 3.05) is 25.2 Å². The van der Waals surface area contributed by atoms with Gasteiger partial charge < -0.3 is 20.5 Å². The number of carboxylic acid groups (broad SMARTS) is 1. The van der Waals surface area contributed by atoms with Crippen LogP contribution >= 0.6 is 11.8 Å². The van der Waals surface area contributed by atoms with Gasteiger partial charge in [-0.2, -0.15) is 11.8 Å². The number of fused-ring (bicyclic) bond motifs is 3. The quantitative estimate of drug-likeness (QED) is 0.416. The van der Waals surface area contributed by atoms with Crippen LogP contribution in [-0.4, -0.2) is 54.3 Å². The smallest absolute Gasteiger partial charge is 0.407 e. The second kappa shape index (κ2) is 12.5. The second-order valence-corrected chi connectivity index (χ2v) is 9.58. The van der Waals surface area contributed by atoms with Crippen LogP contribution in [0.3, 0.4) is 0 Å². The molecule has 0 fully saturated rings. The van der Waals surface area contributed by atoms with E-state index in [1.807, 2.05) is 37.4 Å². The van der Waals surface area contributed by atoms with E-state index in [0.29, 0.717) is 25.1 Å². The molecule has 8 heteroatoms. The number of alkyl carbamates (subject to hydrolysis) is 1. The summed E-state index contributed by atoms with van der Waals surface area (Å²) in [5.74, 6) is -0.649. The van der Waals surface area contributed by atoms with Crippen molar-refractivity contribution < 1.29 is 24.2 Å². The van der Waals surface area contributed by atoms with E-state index in [1.165, 1.54) is 11.1 Å². The molecule has 0 saturated heterocycles. The summed E-state index contributed by atoms with van der Waals surface area (Å²) in [7, 11) is 0. The van der Waals surface area contributed by atoms with Gasteiger partial charge in [-0.1, -0.05) is 55.5 Å². The van der Waals surface area contributed by atoms with Gasteiger partial charge in [-0.05, 0) is 53.0 Å². The SMILES string of the molecule is CSCC[C@H](NC(=O)CC(C)CCNC(=O)OCC1c2ccccc2-c2ccccc21)C(=O)O. The summed E-state index contributed by atoms with van der Waals surface area (Å²) in [4.78, 5) is 35.7. The van der Waals surface area contributed by atoms with Crippen LogP contribution in [0.5, 0.6) is 0 Å². The molecule has 3 rings (SSSR count). The van der Waals surface area contributed by atoms with Crippen molar-refractivity contribution in [1.82, 2.24) is 10.6 Å². The molecule has 0 bridgehead atoms. The van der Waals surface area contributed by atoms with E-state index in [2.05, 4.69) is 34.9 Å². The van der Waals surface area contributed by atoms with Gasteiger partial charge in [0.25, 0.3) is 0 Å². The van der Waals surface area contributed by atoms with Gasteiger partial charge >= 0.3 is 12.1 Å². The fourth-order valence-corrected chi connectivity index (χ4v) is 4.71. The topological polar surface area (TPSA) is 105 Å². The molecule has 34 heavy (non-hydrogen) atoms. The molecule has 7 nitrogen and oxygen atoms in total. The van der Waals surface area contributed by atoms with Crippen LogP contribution in [-0.2, 0) is 14.3 Å². The van der Waals surface area contributed by atoms with Crippen molar-refractivity contribution in [3.8, 4) is 11.1 Å². The first kappa shape index (κ1) is 25.6. The first-order chi connectivity index (χ1) is 16.4. The molecule has 1 aliphatic carbocycles. The average molecular weight is 485 g/mol. The van der Waals surface area contributed by atoms with Crippen LogP contribution < -0.4 is 10.6 Å². The molecule has 2 atom stereocenters. The Morgan fingerprint density at radius 2 is 1.65 bits per heavy atom. The number of carboxylic acids is 1. The third-order valence-corrected chi connectivity index (χ3v) is 6.67. The predicted molar refractivity (Wildman–Crippen MR) is 134 cm³/mol. The highest BCUT2D eigenvalue weighted by molar-refractivity contribution is 7.98. The van der Waals surface area contributed by atoms with Crippen molar-refractivity contribution in [3.63, 3.8) is 0 Å². The van der Waals surface area contributed by atoms with Crippen molar-refractivity contribution in [2.24, 2.45) is 5.92 Å². The van der Waals surface area contributed by atoms with Gasteiger partial charge in [0, 0.05) is 18.9 Å². The van der Waals surface area contributed by atoms with Crippen LogP contribution in [0, 0.1) is 5.92 Å². The van der Waals surface area contributed by atoms with Crippen molar-refractivity contribution >= 4 is 29.7 Å². The van der Waals surface area contributed by atoms with Crippen molar-refractivity contribution in [1.29, 1.82) is 0 Å². The summed E-state index contributed by atoms with van der Waals surface area (Å²) < 4.78 is 5.52. The van der Waals surface area contributed by atoms with Gasteiger partial charge in [-0.3, -0.25) is 4.79 Å². The Kier molecular flexibility index (Phi) is 9.39. The minimum Gasteiger partial charge on any atom is -0.480 e. The lowest BCUT2D eigenvalue weighted by molar-refractivity contribution is -0.142. The predicted octanol–water partition coefficient (Wildman–Crippen LogP) is 4.26. The molecule has 0 saturated carbocycles. The molecule has 2 aromatic carbocycles. The lowest BCUT2D eigenvalue weighted by atomic mass is 9.98. The first-order valence-corrected chi connectivity index (χ1v) is 12.9. The fourth-order valence-electron chi connectivity index (χ4n) is 4.23. The lowest BCUT2D eigenvalue weighted by Gasteiger charge is -2.17. The number of benzene rings is 2. The zero-order valence-electron chi connectivity index (χ0n) is 19.6. The maximum absolute atomic E-state index is 12.3. The van der Waals surface area contributed by atoms with Crippen LogP contribution in [0.15, 0.2) is 48.5 Å². The summed E-state index contributed by atoms with van der Waals surface area (Å²) in [6.07, 6.45) is 2.59. The Bertz CT molecular complexity index is 967. The van der Waals surface area contributed by atoms with E-state index in [0.717, 1.165) is 11.1 Å². The number of carbonyl (C=O) groups is 3. The van der Waals surface area contributed by atoms with E-state index in [9.17, 15) is 19.5 Å². The molecule has 0 spiro atoms.